The van der Waals surface area contributed by atoms with Crippen LogP contribution in [0.1, 0.15) is 37.5 Å². The normalized spacial score (nSPS) is 11.3. The monoisotopic (exact) mass is 399 g/mol. The third-order valence-corrected chi connectivity index (χ3v) is 4.10. The van der Waals surface area contributed by atoms with E-state index in [2.05, 4.69) is 31.3 Å². The molecule has 0 fully saturated rings. The summed E-state index contributed by atoms with van der Waals surface area (Å²) in [6, 6.07) is 10.2. The van der Waals surface area contributed by atoms with Gasteiger partial charge in [-0.3, -0.25) is 14.9 Å². The van der Waals surface area contributed by atoms with Gasteiger partial charge < -0.3 is 9.47 Å². The first-order valence-electron chi connectivity index (χ1n) is 9.00. The zero-order valence-electron chi connectivity index (χ0n) is 17.2. The van der Waals surface area contributed by atoms with Crippen LogP contribution in [0.25, 0.3) is 0 Å². The topological polar surface area (TPSA) is 103 Å². The van der Waals surface area contributed by atoms with Crippen molar-refractivity contribution in [2.24, 2.45) is 5.10 Å². The Kier molecular flexibility index (Phi) is 6.93. The lowest BCUT2D eigenvalue weighted by atomic mass is 9.85. The highest BCUT2D eigenvalue weighted by Crippen LogP contribution is 2.32. The molecule has 2 aromatic carbocycles. The van der Waals surface area contributed by atoms with Crippen molar-refractivity contribution in [3.05, 3.63) is 63.2 Å². The molecular weight excluding hydrogens is 374 g/mol. The first-order chi connectivity index (χ1) is 13.6. The Bertz CT molecular complexity index is 932. The van der Waals surface area contributed by atoms with Crippen LogP contribution < -0.4 is 14.9 Å². The van der Waals surface area contributed by atoms with Crippen LogP contribution in [0.15, 0.2) is 41.5 Å². The van der Waals surface area contributed by atoms with Gasteiger partial charge in [-0.2, -0.15) is 5.10 Å². The zero-order chi connectivity index (χ0) is 21.6. The molecule has 0 saturated carbocycles. The lowest BCUT2D eigenvalue weighted by molar-refractivity contribution is -0.385. The number of hydrazone groups is 1. The largest absolute Gasteiger partial charge is 0.490 e. The maximum atomic E-state index is 12.0. The highest BCUT2D eigenvalue weighted by molar-refractivity contribution is 5.84. The van der Waals surface area contributed by atoms with Crippen molar-refractivity contribution in [1.29, 1.82) is 0 Å². The highest BCUT2D eigenvalue weighted by atomic mass is 16.6. The fourth-order valence-electron chi connectivity index (χ4n) is 2.64. The molecule has 1 amide bonds. The van der Waals surface area contributed by atoms with Crippen molar-refractivity contribution in [2.75, 3.05) is 13.7 Å². The summed E-state index contributed by atoms with van der Waals surface area (Å²) in [7, 11) is 1.36. The number of ether oxygens (including phenoxy) is 2. The van der Waals surface area contributed by atoms with Crippen LogP contribution in [0.2, 0.25) is 0 Å². The summed E-state index contributed by atoms with van der Waals surface area (Å²) in [5, 5.41) is 14.9. The van der Waals surface area contributed by atoms with Gasteiger partial charge in [0.15, 0.2) is 12.4 Å². The number of aryl methyl sites for hydroxylation is 1. The summed E-state index contributed by atoms with van der Waals surface area (Å²) in [4.78, 5) is 22.5. The predicted molar refractivity (Wildman–Crippen MR) is 111 cm³/mol. The van der Waals surface area contributed by atoms with Crippen molar-refractivity contribution >= 4 is 17.8 Å². The second-order valence-electron chi connectivity index (χ2n) is 7.52. The number of hydrogen-bond acceptors (Lipinski definition) is 6. The van der Waals surface area contributed by atoms with E-state index in [1.54, 1.807) is 6.07 Å². The molecule has 8 nitrogen and oxygen atoms in total. The van der Waals surface area contributed by atoms with Gasteiger partial charge in [-0.1, -0.05) is 38.5 Å². The first-order valence-corrected chi connectivity index (χ1v) is 9.00. The van der Waals surface area contributed by atoms with Crippen molar-refractivity contribution in [1.82, 2.24) is 5.43 Å². The molecule has 0 spiro atoms. The van der Waals surface area contributed by atoms with Crippen LogP contribution in [-0.4, -0.2) is 30.8 Å². The standard InChI is InChI=1S/C21H25N3O5/c1-14-6-8-18(16(10-14)21(2,3)4)29-13-20(25)23-22-12-15-7-9-19(28-5)17(11-15)24(26)27/h6-12H,13H2,1-5H3,(H,23,25)/b22-12+. The fourth-order valence-corrected chi connectivity index (χ4v) is 2.64. The Labute approximate surface area is 169 Å². The lowest BCUT2D eigenvalue weighted by Gasteiger charge is -2.23. The lowest BCUT2D eigenvalue weighted by Crippen LogP contribution is -2.25. The van der Waals surface area contributed by atoms with Gasteiger partial charge in [0.25, 0.3) is 5.91 Å². The Balaban J connectivity index is 1.99. The van der Waals surface area contributed by atoms with Crippen molar-refractivity contribution in [3.63, 3.8) is 0 Å². The van der Waals surface area contributed by atoms with Gasteiger partial charge in [-0.05, 0) is 36.1 Å². The van der Waals surface area contributed by atoms with E-state index < -0.39 is 10.8 Å². The Morgan fingerprint density at radius 3 is 2.52 bits per heavy atom. The van der Waals surface area contributed by atoms with Gasteiger partial charge in [0, 0.05) is 11.6 Å². The molecule has 0 aliphatic carbocycles. The van der Waals surface area contributed by atoms with E-state index in [4.69, 9.17) is 9.47 Å². The van der Waals surface area contributed by atoms with E-state index in [-0.39, 0.29) is 23.5 Å². The summed E-state index contributed by atoms with van der Waals surface area (Å²) < 4.78 is 10.6. The molecule has 0 aliphatic heterocycles. The molecule has 8 heteroatoms. The maximum absolute atomic E-state index is 12.0. The van der Waals surface area contributed by atoms with Crippen LogP contribution in [-0.2, 0) is 10.2 Å². The Hall–Kier alpha value is -3.42. The second kappa shape index (κ2) is 9.18. The Morgan fingerprint density at radius 2 is 1.90 bits per heavy atom. The predicted octanol–water partition coefficient (Wildman–Crippen LogP) is 3.74. The molecule has 1 N–H and O–H groups in total. The van der Waals surface area contributed by atoms with Gasteiger partial charge in [-0.15, -0.1) is 0 Å². The zero-order valence-corrected chi connectivity index (χ0v) is 17.2. The molecule has 0 bridgehead atoms. The number of benzene rings is 2. The van der Waals surface area contributed by atoms with Gasteiger partial charge >= 0.3 is 5.69 Å². The number of amides is 1. The number of nitro benzene ring substituents is 1. The van der Waals surface area contributed by atoms with E-state index >= 15 is 0 Å². The molecule has 0 heterocycles. The summed E-state index contributed by atoms with van der Waals surface area (Å²) >= 11 is 0. The third kappa shape index (κ3) is 6.03. The number of carbonyl (C=O) groups is 1. The van der Waals surface area contributed by atoms with Crippen molar-refractivity contribution in [2.45, 2.75) is 33.1 Å². The SMILES string of the molecule is COc1ccc(/C=N/NC(=O)COc2ccc(C)cc2C(C)(C)C)cc1[N+](=O)[O-]. The molecule has 0 unspecified atom stereocenters. The minimum Gasteiger partial charge on any atom is -0.490 e. The molecule has 29 heavy (non-hydrogen) atoms. The number of nitrogens with one attached hydrogen (secondary N) is 1. The molecule has 0 radical (unpaired) electrons. The second-order valence-corrected chi connectivity index (χ2v) is 7.52. The first kappa shape index (κ1) is 21.9. The van der Waals surface area contributed by atoms with Crippen LogP contribution in [0.3, 0.4) is 0 Å². The van der Waals surface area contributed by atoms with E-state index in [1.165, 1.54) is 25.5 Å². The van der Waals surface area contributed by atoms with E-state index in [0.717, 1.165) is 11.1 Å². The summed E-state index contributed by atoms with van der Waals surface area (Å²) in [5.74, 6) is 0.357. The minimum absolute atomic E-state index is 0.126. The van der Waals surface area contributed by atoms with E-state index in [0.29, 0.717) is 11.3 Å². The van der Waals surface area contributed by atoms with E-state index in [9.17, 15) is 14.9 Å². The molecule has 0 aliphatic rings. The van der Waals surface area contributed by atoms with Crippen molar-refractivity contribution < 1.29 is 19.2 Å². The minimum atomic E-state index is -0.545. The Morgan fingerprint density at radius 1 is 1.21 bits per heavy atom. The molecule has 0 atom stereocenters. The molecular formula is C21H25N3O5. The summed E-state index contributed by atoms with van der Waals surface area (Å²) in [6.45, 7) is 8.03. The van der Waals surface area contributed by atoms with Gasteiger partial charge in [0.2, 0.25) is 0 Å². The van der Waals surface area contributed by atoms with Gasteiger partial charge in [-0.25, -0.2) is 5.43 Å². The summed E-state index contributed by atoms with van der Waals surface area (Å²) in [5.41, 5.74) is 4.63. The molecule has 2 aromatic rings. The molecule has 2 rings (SSSR count). The van der Waals surface area contributed by atoms with Crippen LogP contribution in [0.5, 0.6) is 11.5 Å². The van der Waals surface area contributed by atoms with Gasteiger partial charge in [0.1, 0.15) is 5.75 Å². The number of nitro groups is 1. The average molecular weight is 399 g/mol. The maximum Gasteiger partial charge on any atom is 0.311 e. The highest BCUT2D eigenvalue weighted by Gasteiger charge is 2.19. The van der Waals surface area contributed by atoms with Crippen LogP contribution >= 0.6 is 0 Å². The van der Waals surface area contributed by atoms with Crippen molar-refractivity contribution in [3.8, 4) is 11.5 Å². The number of nitrogens with zero attached hydrogens (tertiary/aromatic N) is 2. The smallest absolute Gasteiger partial charge is 0.311 e. The van der Waals surface area contributed by atoms with Gasteiger partial charge in [0.05, 0.1) is 18.2 Å². The number of carbonyl (C=O) groups excluding carboxylic acids is 1. The third-order valence-electron chi connectivity index (χ3n) is 4.10. The molecule has 0 aromatic heterocycles. The quantitative estimate of drug-likeness (QED) is 0.434. The summed E-state index contributed by atoms with van der Waals surface area (Å²) in [6.07, 6.45) is 1.32. The van der Waals surface area contributed by atoms with Crippen LogP contribution in [0, 0.1) is 17.0 Å². The fraction of sp³-hybridized carbons (Fsp3) is 0.333. The average Bonchev–Trinajstić information content (AvgIpc) is 2.66. The number of methoxy groups -OCH3 is 1. The molecule has 0 saturated heterocycles. The van der Waals surface area contributed by atoms with Crippen LogP contribution in [0.4, 0.5) is 5.69 Å². The number of hydrogen-bond donors (Lipinski definition) is 1. The van der Waals surface area contributed by atoms with E-state index in [1.807, 2.05) is 25.1 Å². The number of rotatable bonds is 7. The molecule has 154 valence electrons.